The largest absolute Gasteiger partial charge is 0.418 e. The van der Waals surface area contributed by atoms with Crippen molar-refractivity contribution in [1.82, 2.24) is 0 Å². The molecule has 7 heteroatoms. The van der Waals surface area contributed by atoms with Gasteiger partial charge < -0.3 is 5.32 Å². The van der Waals surface area contributed by atoms with Gasteiger partial charge in [-0.2, -0.15) is 13.2 Å². The molecule has 0 aliphatic heterocycles. The summed E-state index contributed by atoms with van der Waals surface area (Å²) in [6, 6.07) is 10.0. The number of hydrogen-bond donors (Lipinski definition) is 1. The molecule has 0 spiro atoms. The van der Waals surface area contributed by atoms with Crippen LogP contribution in [0.25, 0.3) is 0 Å². The van der Waals surface area contributed by atoms with E-state index in [4.69, 9.17) is 11.6 Å². The summed E-state index contributed by atoms with van der Waals surface area (Å²) in [6.45, 7) is 0. The van der Waals surface area contributed by atoms with Gasteiger partial charge in [-0.1, -0.05) is 27.5 Å². The van der Waals surface area contributed by atoms with Crippen molar-refractivity contribution in [2.75, 3.05) is 5.32 Å². The highest BCUT2D eigenvalue weighted by atomic mass is 79.9. The number of halogens is 5. The molecule has 0 saturated carbocycles. The predicted octanol–water partition coefficient (Wildman–Crippen LogP) is 5.93. The molecule has 0 amide bonds. The van der Waals surface area contributed by atoms with Crippen LogP contribution in [-0.2, 0) is 6.18 Å². The first-order valence-corrected chi connectivity index (χ1v) is 7.54. The minimum atomic E-state index is -4.54. The minimum absolute atomic E-state index is 0.0159. The van der Waals surface area contributed by atoms with Gasteiger partial charge in [0.1, 0.15) is 0 Å². The lowest BCUT2D eigenvalue weighted by atomic mass is 10.1. The number of ketones is 1. The molecule has 2 rings (SSSR count). The van der Waals surface area contributed by atoms with Crippen LogP contribution in [0.15, 0.2) is 59.2 Å². The van der Waals surface area contributed by atoms with E-state index in [9.17, 15) is 18.0 Å². The summed E-state index contributed by atoms with van der Waals surface area (Å²) in [4.78, 5) is 11.9. The summed E-state index contributed by atoms with van der Waals surface area (Å²) < 4.78 is 39.6. The monoisotopic (exact) mass is 403 g/mol. The second-order valence-corrected chi connectivity index (χ2v) is 5.89. The number of carbonyl (C=O) groups is 1. The van der Waals surface area contributed by atoms with Crippen molar-refractivity contribution in [3.8, 4) is 0 Å². The molecule has 1 N–H and O–H groups in total. The van der Waals surface area contributed by atoms with Gasteiger partial charge in [-0.3, -0.25) is 4.79 Å². The first-order valence-electron chi connectivity index (χ1n) is 6.37. The SMILES string of the molecule is O=C(/C=C/Nc1ccc(Cl)cc1C(F)(F)F)c1ccc(Br)cc1. The van der Waals surface area contributed by atoms with Crippen LogP contribution < -0.4 is 5.32 Å². The highest BCUT2D eigenvalue weighted by Crippen LogP contribution is 2.36. The maximum atomic E-state index is 12.9. The van der Waals surface area contributed by atoms with Crippen LogP contribution >= 0.6 is 27.5 Å². The van der Waals surface area contributed by atoms with Crippen molar-refractivity contribution in [2.24, 2.45) is 0 Å². The van der Waals surface area contributed by atoms with Crippen LogP contribution in [-0.4, -0.2) is 5.78 Å². The van der Waals surface area contributed by atoms with E-state index in [1.807, 2.05) is 0 Å². The van der Waals surface area contributed by atoms with Crippen molar-refractivity contribution < 1.29 is 18.0 Å². The summed E-state index contributed by atoms with van der Waals surface area (Å²) in [5, 5.41) is 2.45. The molecule has 0 heterocycles. The Morgan fingerprint density at radius 3 is 2.39 bits per heavy atom. The van der Waals surface area contributed by atoms with E-state index in [0.29, 0.717) is 5.56 Å². The molecule has 0 unspecified atom stereocenters. The van der Waals surface area contributed by atoms with Crippen LogP contribution in [0.2, 0.25) is 5.02 Å². The van der Waals surface area contributed by atoms with E-state index in [0.717, 1.165) is 16.6 Å². The second kappa shape index (κ2) is 7.19. The number of hydrogen-bond acceptors (Lipinski definition) is 2. The highest BCUT2D eigenvalue weighted by Gasteiger charge is 2.33. The summed E-state index contributed by atoms with van der Waals surface area (Å²) in [6.07, 6.45) is -2.21. The lowest BCUT2D eigenvalue weighted by molar-refractivity contribution is -0.136. The minimum Gasteiger partial charge on any atom is -0.361 e. The molecule has 0 aromatic heterocycles. The number of carbonyl (C=O) groups excluding carboxylic acids is 1. The standard InChI is InChI=1S/C16H10BrClF3NO/c17-11-3-1-10(2-4-11)15(23)7-8-22-14-6-5-12(18)9-13(14)16(19,20)21/h1-9,22H/b8-7+. The van der Waals surface area contributed by atoms with Crippen molar-refractivity contribution >= 4 is 39.0 Å². The molecule has 0 aliphatic carbocycles. The molecule has 0 radical (unpaired) electrons. The summed E-state index contributed by atoms with van der Waals surface area (Å²) >= 11 is 8.85. The van der Waals surface area contributed by atoms with Gasteiger partial charge in [-0.15, -0.1) is 0 Å². The van der Waals surface area contributed by atoms with E-state index in [2.05, 4.69) is 21.2 Å². The fourth-order valence-corrected chi connectivity index (χ4v) is 2.23. The molecule has 0 aliphatic rings. The van der Waals surface area contributed by atoms with Crippen molar-refractivity contribution in [3.63, 3.8) is 0 Å². The lowest BCUT2D eigenvalue weighted by Crippen LogP contribution is -2.08. The Labute approximate surface area is 144 Å². The number of nitrogens with one attached hydrogen (secondary N) is 1. The Bertz CT molecular complexity index is 742. The van der Waals surface area contributed by atoms with Crippen molar-refractivity contribution in [1.29, 1.82) is 0 Å². The van der Waals surface area contributed by atoms with Gasteiger partial charge in [0.15, 0.2) is 5.78 Å². The summed E-state index contributed by atoms with van der Waals surface area (Å²) in [7, 11) is 0. The van der Waals surface area contributed by atoms with Gasteiger partial charge in [0.25, 0.3) is 0 Å². The van der Waals surface area contributed by atoms with Gasteiger partial charge in [0.05, 0.1) is 11.3 Å². The Morgan fingerprint density at radius 1 is 1.13 bits per heavy atom. The number of alkyl halides is 3. The van der Waals surface area contributed by atoms with Crippen LogP contribution in [0.3, 0.4) is 0 Å². The number of allylic oxidation sites excluding steroid dienone is 1. The Kier molecular flexibility index (Phi) is 5.49. The summed E-state index contributed by atoms with van der Waals surface area (Å²) in [5.41, 5.74) is -0.647. The molecule has 2 nitrogen and oxygen atoms in total. The zero-order valence-electron chi connectivity index (χ0n) is 11.5. The smallest absolute Gasteiger partial charge is 0.361 e. The molecule has 2 aromatic carbocycles. The van der Waals surface area contributed by atoms with Crippen LogP contribution in [0.4, 0.5) is 18.9 Å². The fourth-order valence-electron chi connectivity index (χ4n) is 1.79. The number of rotatable bonds is 4. The molecular formula is C16H10BrClF3NO. The van der Waals surface area contributed by atoms with Gasteiger partial charge in [-0.25, -0.2) is 0 Å². The first kappa shape index (κ1) is 17.6. The maximum Gasteiger partial charge on any atom is 0.418 e. The van der Waals surface area contributed by atoms with Crippen LogP contribution in [0.1, 0.15) is 15.9 Å². The lowest BCUT2D eigenvalue weighted by Gasteiger charge is -2.12. The fraction of sp³-hybridized carbons (Fsp3) is 0.0625. The van der Waals surface area contributed by atoms with Gasteiger partial charge >= 0.3 is 6.18 Å². The Balaban J connectivity index is 2.14. The van der Waals surface area contributed by atoms with Gasteiger partial charge in [0.2, 0.25) is 0 Å². The third-order valence-corrected chi connectivity index (χ3v) is 3.65. The molecule has 0 saturated heterocycles. The predicted molar refractivity (Wildman–Crippen MR) is 87.7 cm³/mol. The van der Waals surface area contributed by atoms with Crippen LogP contribution in [0, 0.1) is 0 Å². The van der Waals surface area contributed by atoms with E-state index in [1.54, 1.807) is 24.3 Å². The highest BCUT2D eigenvalue weighted by molar-refractivity contribution is 9.10. The van der Waals surface area contributed by atoms with Gasteiger partial charge in [0, 0.05) is 27.3 Å². The summed E-state index contributed by atoms with van der Waals surface area (Å²) in [5.74, 6) is -0.326. The van der Waals surface area contributed by atoms with Crippen molar-refractivity contribution in [2.45, 2.75) is 6.18 Å². The van der Waals surface area contributed by atoms with Crippen molar-refractivity contribution in [3.05, 3.63) is 75.4 Å². The zero-order chi connectivity index (χ0) is 17.0. The average molecular weight is 405 g/mol. The molecule has 120 valence electrons. The van der Waals surface area contributed by atoms with E-state index >= 15 is 0 Å². The molecule has 0 atom stereocenters. The Morgan fingerprint density at radius 2 is 1.78 bits per heavy atom. The van der Waals surface area contributed by atoms with E-state index in [-0.39, 0.29) is 16.5 Å². The number of anilines is 1. The molecule has 23 heavy (non-hydrogen) atoms. The van der Waals surface area contributed by atoms with Gasteiger partial charge in [-0.05, 0) is 42.5 Å². The molecular weight excluding hydrogens is 395 g/mol. The average Bonchev–Trinajstić information content (AvgIpc) is 2.48. The molecule has 0 fully saturated rings. The first-order chi connectivity index (χ1) is 10.8. The Hall–Kier alpha value is -1.79. The van der Waals surface area contributed by atoms with Crippen LogP contribution in [0.5, 0.6) is 0 Å². The third kappa shape index (κ3) is 4.84. The normalized spacial score (nSPS) is 11.7. The van der Waals surface area contributed by atoms with E-state index in [1.165, 1.54) is 18.3 Å². The second-order valence-electron chi connectivity index (χ2n) is 4.54. The molecule has 0 bridgehead atoms. The molecule has 2 aromatic rings. The maximum absolute atomic E-state index is 12.9. The third-order valence-electron chi connectivity index (χ3n) is 2.89. The zero-order valence-corrected chi connectivity index (χ0v) is 13.8. The number of benzene rings is 2. The quantitative estimate of drug-likeness (QED) is 0.505. The van der Waals surface area contributed by atoms with E-state index < -0.39 is 11.7 Å². The topological polar surface area (TPSA) is 29.1 Å².